The second-order valence-electron chi connectivity index (χ2n) is 5.40. The predicted molar refractivity (Wildman–Crippen MR) is 90.7 cm³/mol. The van der Waals surface area contributed by atoms with E-state index in [4.69, 9.17) is 0 Å². The number of hydrogen-bond acceptors (Lipinski definition) is 3. The van der Waals surface area contributed by atoms with Crippen molar-refractivity contribution in [1.82, 2.24) is 9.80 Å². The molecule has 2 amide bonds. The minimum atomic E-state index is -0.139. The topological polar surface area (TPSA) is 40.6 Å². The summed E-state index contributed by atoms with van der Waals surface area (Å²) in [5.41, 5.74) is 1.09. The van der Waals surface area contributed by atoms with Crippen LogP contribution in [-0.4, -0.2) is 47.8 Å². The Labute approximate surface area is 138 Å². The van der Waals surface area contributed by atoms with Crippen LogP contribution >= 0.6 is 12.4 Å². The summed E-state index contributed by atoms with van der Waals surface area (Å²) in [4.78, 5) is 28.1. The highest BCUT2D eigenvalue weighted by Gasteiger charge is 2.34. The van der Waals surface area contributed by atoms with E-state index in [2.05, 4.69) is 18.7 Å². The molecule has 0 bridgehead atoms. The number of fused-ring (bicyclic) bond motifs is 1. The molecule has 1 heterocycles. The number of nitrogens with zero attached hydrogens (tertiary/aromatic N) is 2. The molecule has 0 saturated heterocycles. The van der Waals surface area contributed by atoms with Gasteiger partial charge in [0.05, 0.1) is 11.1 Å². The van der Waals surface area contributed by atoms with Crippen LogP contribution in [0.25, 0.3) is 0 Å². The zero-order valence-corrected chi connectivity index (χ0v) is 14.2. The maximum absolute atomic E-state index is 12.2. The number of imide groups is 1. The Bertz CT molecular complexity index is 480. The van der Waals surface area contributed by atoms with Gasteiger partial charge in [-0.3, -0.25) is 14.5 Å². The third kappa shape index (κ3) is 4.08. The maximum atomic E-state index is 12.2. The molecule has 0 saturated carbocycles. The highest BCUT2D eigenvalue weighted by molar-refractivity contribution is 6.21. The largest absolute Gasteiger partial charge is 0.304 e. The Kier molecular flexibility index (Phi) is 7.56. The van der Waals surface area contributed by atoms with Crippen molar-refractivity contribution in [3.05, 3.63) is 35.4 Å². The molecule has 1 aromatic rings. The molecule has 1 aliphatic heterocycles. The first-order valence-electron chi connectivity index (χ1n) is 7.86. The van der Waals surface area contributed by atoms with E-state index in [-0.39, 0.29) is 24.2 Å². The summed E-state index contributed by atoms with van der Waals surface area (Å²) in [6.07, 6.45) is 3.04. The van der Waals surface area contributed by atoms with Gasteiger partial charge in [-0.05, 0) is 44.6 Å². The van der Waals surface area contributed by atoms with Gasteiger partial charge in [0, 0.05) is 6.54 Å². The van der Waals surface area contributed by atoms with Gasteiger partial charge in [-0.1, -0.05) is 32.4 Å². The third-order valence-corrected chi connectivity index (χ3v) is 4.13. The van der Waals surface area contributed by atoms with Crippen LogP contribution in [0.2, 0.25) is 0 Å². The summed E-state index contributed by atoms with van der Waals surface area (Å²) < 4.78 is 0. The van der Waals surface area contributed by atoms with Crippen LogP contribution in [-0.2, 0) is 0 Å². The molecule has 4 nitrogen and oxygen atoms in total. The smallest absolute Gasteiger partial charge is 0.261 e. The lowest BCUT2D eigenvalue weighted by atomic mass is 10.1. The lowest BCUT2D eigenvalue weighted by molar-refractivity contribution is 0.0651. The summed E-state index contributed by atoms with van der Waals surface area (Å²) in [6, 6.07) is 7.07. The normalized spacial score (nSPS) is 13.5. The van der Waals surface area contributed by atoms with Crippen molar-refractivity contribution in [2.45, 2.75) is 33.1 Å². The van der Waals surface area contributed by atoms with E-state index in [0.717, 1.165) is 38.9 Å². The van der Waals surface area contributed by atoms with Gasteiger partial charge in [0.25, 0.3) is 11.8 Å². The van der Waals surface area contributed by atoms with E-state index >= 15 is 0 Å². The Morgan fingerprint density at radius 2 is 1.45 bits per heavy atom. The molecule has 0 N–H and O–H groups in total. The van der Waals surface area contributed by atoms with Gasteiger partial charge in [-0.15, -0.1) is 12.4 Å². The fourth-order valence-electron chi connectivity index (χ4n) is 2.76. The van der Waals surface area contributed by atoms with Crippen molar-refractivity contribution in [1.29, 1.82) is 0 Å². The van der Waals surface area contributed by atoms with Gasteiger partial charge in [0.15, 0.2) is 0 Å². The average molecular weight is 325 g/mol. The Morgan fingerprint density at radius 1 is 0.909 bits per heavy atom. The van der Waals surface area contributed by atoms with E-state index in [1.807, 2.05) is 0 Å². The zero-order chi connectivity index (χ0) is 15.2. The maximum Gasteiger partial charge on any atom is 0.261 e. The van der Waals surface area contributed by atoms with E-state index < -0.39 is 0 Å². The van der Waals surface area contributed by atoms with Gasteiger partial charge in [-0.2, -0.15) is 0 Å². The standard InChI is InChI=1S/C17H24N2O2.ClH/c1-3-18(4-2)12-8-5-9-13-19-16(20)14-10-6-7-11-15(14)17(19)21;/h6-7,10-11H,3-5,8-9,12-13H2,1-2H3;1H. The van der Waals surface area contributed by atoms with Gasteiger partial charge in [0.1, 0.15) is 0 Å². The molecule has 0 spiro atoms. The van der Waals surface area contributed by atoms with Gasteiger partial charge in [0.2, 0.25) is 0 Å². The summed E-state index contributed by atoms with van der Waals surface area (Å²) in [5, 5.41) is 0. The van der Waals surface area contributed by atoms with Crippen molar-refractivity contribution in [2.75, 3.05) is 26.2 Å². The molecule has 122 valence electrons. The quantitative estimate of drug-likeness (QED) is 0.544. The Balaban J connectivity index is 0.00000242. The summed E-state index contributed by atoms with van der Waals surface area (Å²) in [6.45, 7) is 8.12. The predicted octanol–water partition coefficient (Wildman–Crippen LogP) is 3.22. The van der Waals surface area contributed by atoms with Crippen molar-refractivity contribution >= 4 is 24.2 Å². The highest BCUT2D eigenvalue weighted by atomic mass is 35.5. The monoisotopic (exact) mass is 324 g/mol. The molecule has 0 unspecified atom stereocenters. The third-order valence-electron chi connectivity index (χ3n) is 4.13. The van der Waals surface area contributed by atoms with E-state index in [1.165, 1.54) is 4.90 Å². The minimum absolute atomic E-state index is 0. The number of halogens is 1. The van der Waals surface area contributed by atoms with Crippen LogP contribution in [0.3, 0.4) is 0 Å². The first-order valence-corrected chi connectivity index (χ1v) is 7.86. The lowest BCUT2D eigenvalue weighted by Crippen LogP contribution is -2.31. The molecule has 1 aliphatic rings. The average Bonchev–Trinajstić information content (AvgIpc) is 2.76. The summed E-state index contributed by atoms with van der Waals surface area (Å²) in [5.74, 6) is -0.279. The molecule has 0 aliphatic carbocycles. The van der Waals surface area contributed by atoms with E-state index in [0.29, 0.717) is 17.7 Å². The molecule has 5 heteroatoms. The molecule has 22 heavy (non-hydrogen) atoms. The van der Waals surface area contributed by atoms with Crippen molar-refractivity contribution in [2.24, 2.45) is 0 Å². The Morgan fingerprint density at radius 3 is 1.95 bits per heavy atom. The van der Waals surface area contributed by atoms with Crippen LogP contribution in [0, 0.1) is 0 Å². The van der Waals surface area contributed by atoms with Gasteiger partial charge < -0.3 is 4.90 Å². The number of unbranched alkanes of at least 4 members (excludes halogenated alkanes) is 2. The van der Waals surface area contributed by atoms with Gasteiger partial charge >= 0.3 is 0 Å². The fourth-order valence-corrected chi connectivity index (χ4v) is 2.76. The van der Waals surface area contributed by atoms with Gasteiger partial charge in [-0.25, -0.2) is 0 Å². The summed E-state index contributed by atoms with van der Waals surface area (Å²) in [7, 11) is 0. The lowest BCUT2D eigenvalue weighted by Gasteiger charge is -2.18. The molecule has 0 aromatic heterocycles. The second kappa shape index (κ2) is 8.91. The van der Waals surface area contributed by atoms with Crippen LogP contribution in [0.15, 0.2) is 24.3 Å². The van der Waals surface area contributed by atoms with Crippen molar-refractivity contribution in [3.8, 4) is 0 Å². The molecular weight excluding hydrogens is 300 g/mol. The molecule has 1 aromatic carbocycles. The zero-order valence-electron chi connectivity index (χ0n) is 13.4. The molecular formula is C17H25ClN2O2. The number of benzene rings is 1. The highest BCUT2D eigenvalue weighted by Crippen LogP contribution is 2.22. The number of rotatable bonds is 8. The SMILES string of the molecule is CCN(CC)CCCCCN1C(=O)c2ccccc2C1=O.Cl. The second-order valence-corrected chi connectivity index (χ2v) is 5.40. The fraction of sp³-hybridized carbons (Fsp3) is 0.529. The molecule has 0 fully saturated rings. The van der Waals surface area contributed by atoms with Crippen LogP contribution in [0.5, 0.6) is 0 Å². The van der Waals surface area contributed by atoms with Crippen molar-refractivity contribution in [3.63, 3.8) is 0 Å². The first kappa shape index (κ1) is 18.7. The minimum Gasteiger partial charge on any atom is -0.304 e. The Hall–Kier alpha value is -1.39. The summed E-state index contributed by atoms with van der Waals surface area (Å²) >= 11 is 0. The molecule has 2 rings (SSSR count). The number of carbonyl (C=O) groups is 2. The number of hydrogen-bond donors (Lipinski definition) is 0. The molecule has 0 atom stereocenters. The van der Waals surface area contributed by atoms with E-state index in [1.54, 1.807) is 24.3 Å². The molecule has 0 radical (unpaired) electrons. The van der Waals surface area contributed by atoms with Crippen LogP contribution in [0.1, 0.15) is 53.8 Å². The van der Waals surface area contributed by atoms with Crippen LogP contribution < -0.4 is 0 Å². The first-order chi connectivity index (χ1) is 10.2. The number of amides is 2. The van der Waals surface area contributed by atoms with Crippen molar-refractivity contribution < 1.29 is 9.59 Å². The van der Waals surface area contributed by atoms with Crippen LogP contribution in [0.4, 0.5) is 0 Å². The van der Waals surface area contributed by atoms with E-state index in [9.17, 15) is 9.59 Å². The number of carbonyl (C=O) groups excluding carboxylic acids is 2.